The number of unbranched alkanes of at least 4 members (excludes halogenated alkanes) is 1. The fourth-order valence-corrected chi connectivity index (χ4v) is 1.31. The number of rotatable bonds is 6. The van der Waals surface area contributed by atoms with Crippen LogP contribution in [0, 0.1) is 5.92 Å². The molecule has 1 heteroatoms. The highest BCUT2D eigenvalue weighted by atomic mass is 16.5. The van der Waals surface area contributed by atoms with Gasteiger partial charge < -0.3 is 4.74 Å². The molecule has 1 aromatic rings. The third-order valence-electron chi connectivity index (χ3n) is 2.32. The van der Waals surface area contributed by atoms with Gasteiger partial charge in [0.2, 0.25) is 0 Å². The Bertz CT molecular complexity index is 309. The molecule has 0 unspecified atom stereocenters. The quantitative estimate of drug-likeness (QED) is 0.637. The molecule has 1 rings (SSSR count). The molecule has 0 amide bonds. The number of benzene rings is 1. The van der Waals surface area contributed by atoms with Crippen molar-refractivity contribution in [3.63, 3.8) is 0 Å². The van der Waals surface area contributed by atoms with Gasteiger partial charge in [0.05, 0.1) is 6.61 Å². The predicted octanol–water partition coefficient (Wildman–Crippen LogP) is 4.53. The van der Waals surface area contributed by atoms with E-state index in [0.717, 1.165) is 18.8 Å². The van der Waals surface area contributed by atoms with Crippen LogP contribution in [0.5, 0.6) is 5.75 Å². The van der Waals surface area contributed by atoms with Gasteiger partial charge in [0.25, 0.3) is 0 Å². The molecule has 1 aromatic carbocycles. The first-order valence-corrected chi connectivity index (χ1v) is 6.13. The molecule has 16 heavy (non-hydrogen) atoms. The average Bonchev–Trinajstić information content (AvgIpc) is 2.28. The lowest BCUT2D eigenvalue weighted by molar-refractivity contribution is 0.309. The summed E-state index contributed by atoms with van der Waals surface area (Å²) in [6.45, 7) is 7.35. The molecule has 0 atom stereocenters. The Morgan fingerprint density at radius 3 is 2.44 bits per heavy atom. The van der Waals surface area contributed by atoms with Gasteiger partial charge in [-0.25, -0.2) is 0 Å². The molecular weight excluding hydrogens is 196 g/mol. The summed E-state index contributed by atoms with van der Waals surface area (Å²) in [4.78, 5) is 0. The van der Waals surface area contributed by atoms with Gasteiger partial charge in [0.1, 0.15) is 5.75 Å². The zero-order valence-corrected chi connectivity index (χ0v) is 10.6. The molecule has 1 nitrogen and oxygen atoms in total. The molecule has 0 aromatic heterocycles. The van der Waals surface area contributed by atoms with E-state index in [9.17, 15) is 0 Å². The molecule has 0 heterocycles. The normalized spacial score (nSPS) is 11.2. The van der Waals surface area contributed by atoms with E-state index in [1.54, 1.807) is 0 Å². The van der Waals surface area contributed by atoms with Gasteiger partial charge in [0, 0.05) is 0 Å². The van der Waals surface area contributed by atoms with Crippen LogP contribution in [0.15, 0.2) is 30.3 Å². The lowest BCUT2D eigenvalue weighted by Crippen LogP contribution is -1.95. The summed E-state index contributed by atoms with van der Waals surface area (Å²) in [5, 5.41) is 0. The molecule has 0 bridgehead atoms. The summed E-state index contributed by atoms with van der Waals surface area (Å²) >= 11 is 0. The van der Waals surface area contributed by atoms with Crippen molar-refractivity contribution >= 4 is 6.08 Å². The molecule has 0 N–H and O–H groups in total. The van der Waals surface area contributed by atoms with Crippen LogP contribution in [0.25, 0.3) is 6.08 Å². The van der Waals surface area contributed by atoms with Crippen LogP contribution in [0.4, 0.5) is 0 Å². The fourth-order valence-electron chi connectivity index (χ4n) is 1.31. The van der Waals surface area contributed by atoms with E-state index in [0.29, 0.717) is 5.92 Å². The van der Waals surface area contributed by atoms with E-state index in [1.165, 1.54) is 12.0 Å². The van der Waals surface area contributed by atoms with Gasteiger partial charge in [-0.3, -0.25) is 0 Å². The smallest absolute Gasteiger partial charge is 0.119 e. The molecule has 88 valence electrons. The highest BCUT2D eigenvalue weighted by Gasteiger charge is 1.93. The number of hydrogen-bond acceptors (Lipinski definition) is 1. The van der Waals surface area contributed by atoms with Gasteiger partial charge in [-0.1, -0.05) is 51.5 Å². The number of allylic oxidation sites excluding steroid dienone is 1. The molecule has 0 saturated carbocycles. The topological polar surface area (TPSA) is 9.23 Å². The maximum absolute atomic E-state index is 5.60. The Morgan fingerprint density at radius 1 is 1.19 bits per heavy atom. The van der Waals surface area contributed by atoms with Gasteiger partial charge >= 0.3 is 0 Å². The lowest BCUT2D eigenvalue weighted by atomic mass is 10.1. The lowest BCUT2D eigenvalue weighted by Gasteiger charge is -2.05. The first-order chi connectivity index (χ1) is 7.72. The minimum absolute atomic E-state index is 0.598. The van der Waals surface area contributed by atoms with Crippen molar-refractivity contribution in [2.75, 3.05) is 6.61 Å². The standard InChI is InChI=1S/C15H22O/c1-4-5-12-16-15-10-8-14(9-11-15)7-6-13(2)3/h6-11,13H,4-5,12H2,1-3H3/b7-6+. The van der Waals surface area contributed by atoms with Gasteiger partial charge in [-0.05, 0) is 30.0 Å². The van der Waals surface area contributed by atoms with Crippen molar-refractivity contribution in [3.05, 3.63) is 35.9 Å². The van der Waals surface area contributed by atoms with Crippen molar-refractivity contribution < 1.29 is 4.74 Å². The summed E-state index contributed by atoms with van der Waals surface area (Å²) in [7, 11) is 0. The Labute approximate surface area is 99.1 Å². The average molecular weight is 218 g/mol. The van der Waals surface area contributed by atoms with Crippen molar-refractivity contribution in [3.8, 4) is 5.75 Å². The molecule has 0 saturated heterocycles. The zero-order chi connectivity index (χ0) is 11.8. The van der Waals surface area contributed by atoms with Crippen molar-refractivity contribution in [1.82, 2.24) is 0 Å². The maximum atomic E-state index is 5.60. The predicted molar refractivity (Wildman–Crippen MR) is 70.7 cm³/mol. The number of ether oxygens (including phenoxy) is 1. The Hall–Kier alpha value is -1.24. The molecule has 0 spiro atoms. The van der Waals surface area contributed by atoms with Crippen LogP contribution in [0.1, 0.15) is 39.2 Å². The van der Waals surface area contributed by atoms with E-state index >= 15 is 0 Å². The van der Waals surface area contributed by atoms with E-state index in [4.69, 9.17) is 4.74 Å². The fraction of sp³-hybridized carbons (Fsp3) is 0.467. The van der Waals surface area contributed by atoms with Crippen molar-refractivity contribution in [2.45, 2.75) is 33.6 Å². The van der Waals surface area contributed by atoms with E-state index in [2.05, 4.69) is 45.1 Å². The van der Waals surface area contributed by atoms with Crippen molar-refractivity contribution in [1.29, 1.82) is 0 Å². The largest absolute Gasteiger partial charge is 0.494 e. The first kappa shape index (κ1) is 12.8. The molecular formula is C15H22O. The number of hydrogen-bond donors (Lipinski definition) is 0. The van der Waals surface area contributed by atoms with Gasteiger partial charge in [0.15, 0.2) is 0 Å². The Morgan fingerprint density at radius 2 is 1.88 bits per heavy atom. The van der Waals surface area contributed by atoms with Crippen molar-refractivity contribution in [2.24, 2.45) is 5.92 Å². The molecule has 0 aliphatic carbocycles. The maximum Gasteiger partial charge on any atom is 0.119 e. The summed E-state index contributed by atoms with van der Waals surface area (Å²) in [6.07, 6.45) is 6.65. The molecule has 0 fully saturated rings. The van der Waals surface area contributed by atoms with E-state index in [1.807, 2.05) is 12.1 Å². The molecule has 0 aliphatic rings. The highest BCUT2D eigenvalue weighted by Crippen LogP contribution is 2.14. The minimum Gasteiger partial charge on any atom is -0.494 e. The zero-order valence-electron chi connectivity index (χ0n) is 10.6. The third kappa shape index (κ3) is 5.01. The van der Waals surface area contributed by atoms with Crippen LogP contribution in [0.2, 0.25) is 0 Å². The molecule has 0 radical (unpaired) electrons. The molecule has 0 aliphatic heterocycles. The van der Waals surface area contributed by atoms with Crippen LogP contribution < -0.4 is 4.74 Å². The second-order valence-corrected chi connectivity index (χ2v) is 4.37. The SMILES string of the molecule is CCCCOc1ccc(/C=C/C(C)C)cc1. The van der Waals surface area contributed by atoms with Crippen LogP contribution >= 0.6 is 0 Å². The highest BCUT2D eigenvalue weighted by molar-refractivity contribution is 5.50. The second kappa shape index (κ2) is 7.10. The van der Waals surface area contributed by atoms with E-state index in [-0.39, 0.29) is 0 Å². The first-order valence-electron chi connectivity index (χ1n) is 6.13. The monoisotopic (exact) mass is 218 g/mol. The van der Waals surface area contributed by atoms with Crippen LogP contribution in [0.3, 0.4) is 0 Å². The van der Waals surface area contributed by atoms with Crippen LogP contribution in [-0.4, -0.2) is 6.61 Å². The van der Waals surface area contributed by atoms with Gasteiger partial charge in [-0.2, -0.15) is 0 Å². The summed E-state index contributed by atoms with van der Waals surface area (Å²) in [5.74, 6) is 1.57. The Balaban J connectivity index is 2.47. The van der Waals surface area contributed by atoms with Gasteiger partial charge in [-0.15, -0.1) is 0 Å². The third-order valence-corrected chi connectivity index (χ3v) is 2.32. The van der Waals surface area contributed by atoms with E-state index < -0.39 is 0 Å². The summed E-state index contributed by atoms with van der Waals surface area (Å²) in [5.41, 5.74) is 1.23. The Kier molecular flexibility index (Phi) is 5.69. The second-order valence-electron chi connectivity index (χ2n) is 4.37. The summed E-state index contributed by atoms with van der Waals surface area (Å²) in [6, 6.07) is 8.27. The summed E-state index contributed by atoms with van der Waals surface area (Å²) < 4.78 is 5.60. The minimum atomic E-state index is 0.598. The van der Waals surface area contributed by atoms with Crippen LogP contribution in [-0.2, 0) is 0 Å².